The predicted octanol–water partition coefficient (Wildman–Crippen LogP) is 1.96. The third kappa shape index (κ3) is 1.75. The summed E-state index contributed by atoms with van der Waals surface area (Å²) in [6.07, 6.45) is 0. The summed E-state index contributed by atoms with van der Waals surface area (Å²) in [6, 6.07) is 4.90. The van der Waals surface area contributed by atoms with E-state index in [9.17, 15) is 9.90 Å². The van der Waals surface area contributed by atoms with Crippen LogP contribution in [-0.2, 0) is 0 Å². The van der Waals surface area contributed by atoms with Gasteiger partial charge in [0.2, 0.25) is 0 Å². The van der Waals surface area contributed by atoms with Gasteiger partial charge in [-0.15, -0.1) is 0 Å². The van der Waals surface area contributed by atoms with Gasteiger partial charge >= 0.3 is 5.97 Å². The van der Waals surface area contributed by atoms with Gasteiger partial charge < -0.3 is 14.9 Å². The molecule has 0 amide bonds. The van der Waals surface area contributed by atoms with Crippen LogP contribution in [0.15, 0.2) is 18.2 Å². The number of nitrogens with zero attached hydrogens (tertiary/aromatic N) is 1. The second-order valence-electron chi connectivity index (χ2n) is 3.61. The van der Waals surface area contributed by atoms with Crippen molar-refractivity contribution in [3.05, 3.63) is 29.5 Å². The van der Waals surface area contributed by atoms with E-state index >= 15 is 0 Å². The van der Waals surface area contributed by atoms with E-state index in [1.807, 2.05) is 0 Å². The molecule has 0 bridgehead atoms. The summed E-state index contributed by atoms with van der Waals surface area (Å²) in [5.74, 6) is -0.977. The maximum atomic E-state index is 11.2. The highest BCUT2D eigenvalue weighted by molar-refractivity contribution is 6.05. The Morgan fingerprint density at radius 3 is 2.71 bits per heavy atom. The molecule has 88 valence electrons. The van der Waals surface area contributed by atoms with Crippen molar-refractivity contribution >= 4 is 16.9 Å². The number of carboxylic acids is 1. The molecule has 0 radical (unpaired) electrons. The number of carboxylic acid groups (broad SMARTS) is 1. The zero-order chi connectivity index (χ0) is 12.6. The summed E-state index contributed by atoms with van der Waals surface area (Å²) in [5.41, 5.74) is 0.657. The molecule has 0 fully saturated rings. The van der Waals surface area contributed by atoms with Gasteiger partial charge in [-0.25, -0.2) is 9.78 Å². The molecule has 17 heavy (non-hydrogen) atoms. The molecule has 0 aliphatic rings. The number of pyridine rings is 1. The number of hydrogen-bond donors (Lipinski definition) is 2. The maximum absolute atomic E-state index is 11.2. The standard InChI is InChI=1S/C12H11NO4/c1-6-11(14)10(12(15)16)8-5-7(17-2)3-4-9(8)13-6/h3-5,14H,1-2H3,(H,15,16). The molecule has 2 rings (SSSR count). The van der Waals surface area contributed by atoms with Crippen LogP contribution in [0, 0.1) is 6.92 Å². The van der Waals surface area contributed by atoms with Crippen molar-refractivity contribution < 1.29 is 19.7 Å². The van der Waals surface area contributed by atoms with Gasteiger partial charge in [-0.3, -0.25) is 0 Å². The Morgan fingerprint density at radius 2 is 2.12 bits per heavy atom. The number of fused-ring (bicyclic) bond motifs is 1. The van der Waals surface area contributed by atoms with Crippen molar-refractivity contribution in [2.24, 2.45) is 0 Å². The second-order valence-corrected chi connectivity index (χ2v) is 3.61. The maximum Gasteiger partial charge on any atom is 0.340 e. The highest BCUT2D eigenvalue weighted by Crippen LogP contribution is 2.30. The average Bonchev–Trinajstić information content (AvgIpc) is 2.29. The quantitative estimate of drug-likeness (QED) is 0.828. The van der Waals surface area contributed by atoms with E-state index in [0.717, 1.165) is 0 Å². The Balaban J connectivity index is 2.89. The summed E-state index contributed by atoms with van der Waals surface area (Å²) in [4.78, 5) is 15.3. The van der Waals surface area contributed by atoms with Crippen LogP contribution >= 0.6 is 0 Å². The molecular weight excluding hydrogens is 222 g/mol. The summed E-state index contributed by atoms with van der Waals surface area (Å²) < 4.78 is 5.02. The second kappa shape index (κ2) is 3.93. The molecule has 2 N–H and O–H groups in total. The number of aromatic nitrogens is 1. The van der Waals surface area contributed by atoms with Crippen molar-refractivity contribution in [2.45, 2.75) is 6.92 Å². The molecule has 0 atom stereocenters. The first-order valence-corrected chi connectivity index (χ1v) is 4.95. The van der Waals surface area contributed by atoms with E-state index in [0.29, 0.717) is 22.3 Å². The molecule has 0 spiro atoms. The van der Waals surface area contributed by atoms with Crippen LogP contribution in [-0.4, -0.2) is 28.3 Å². The number of hydrogen-bond acceptors (Lipinski definition) is 4. The van der Waals surface area contributed by atoms with E-state index in [-0.39, 0.29) is 11.3 Å². The lowest BCUT2D eigenvalue weighted by molar-refractivity contribution is 0.0695. The van der Waals surface area contributed by atoms with Crippen LogP contribution in [0.5, 0.6) is 11.5 Å². The van der Waals surface area contributed by atoms with Crippen molar-refractivity contribution in [3.8, 4) is 11.5 Å². The Hall–Kier alpha value is -2.30. The smallest absolute Gasteiger partial charge is 0.340 e. The average molecular weight is 233 g/mol. The van der Waals surface area contributed by atoms with Crippen LogP contribution < -0.4 is 4.74 Å². The third-order valence-electron chi connectivity index (χ3n) is 2.55. The van der Waals surface area contributed by atoms with Crippen molar-refractivity contribution in [3.63, 3.8) is 0 Å². The van der Waals surface area contributed by atoms with Gasteiger partial charge in [0, 0.05) is 5.39 Å². The van der Waals surface area contributed by atoms with Gasteiger partial charge in [-0.05, 0) is 25.1 Å². The molecule has 1 aromatic carbocycles. The van der Waals surface area contributed by atoms with Gasteiger partial charge in [-0.2, -0.15) is 0 Å². The SMILES string of the molecule is COc1ccc2nc(C)c(O)c(C(=O)O)c2c1. The fourth-order valence-electron chi connectivity index (χ4n) is 1.70. The number of methoxy groups -OCH3 is 1. The third-order valence-corrected chi connectivity index (χ3v) is 2.55. The molecule has 1 aromatic heterocycles. The molecule has 0 aliphatic carbocycles. The fraction of sp³-hybridized carbons (Fsp3) is 0.167. The van der Waals surface area contributed by atoms with Gasteiger partial charge in [0.05, 0.1) is 18.3 Å². The van der Waals surface area contributed by atoms with Crippen LogP contribution in [0.2, 0.25) is 0 Å². The van der Waals surface area contributed by atoms with Crippen LogP contribution in [0.25, 0.3) is 10.9 Å². The Bertz CT molecular complexity index is 607. The van der Waals surface area contributed by atoms with E-state index in [1.165, 1.54) is 7.11 Å². The van der Waals surface area contributed by atoms with Crippen LogP contribution in [0.1, 0.15) is 16.1 Å². The van der Waals surface area contributed by atoms with Crippen LogP contribution in [0.3, 0.4) is 0 Å². The summed E-state index contributed by atoms with van der Waals surface area (Å²) in [7, 11) is 1.49. The van der Waals surface area contributed by atoms with Crippen molar-refractivity contribution in [2.75, 3.05) is 7.11 Å². The first-order valence-electron chi connectivity index (χ1n) is 4.95. The summed E-state index contributed by atoms with van der Waals surface area (Å²) in [5, 5.41) is 19.2. The number of ether oxygens (including phenoxy) is 1. The molecule has 0 unspecified atom stereocenters. The van der Waals surface area contributed by atoms with Gasteiger partial charge in [0.1, 0.15) is 11.3 Å². The lowest BCUT2D eigenvalue weighted by Crippen LogP contribution is -2.01. The van der Waals surface area contributed by atoms with Crippen molar-refractivity contribution in [1.82, 2.24) is 4.98 Å². The minimum Gasteiger partial charge on any atom is -0.505 e. The Labute approximate surface area is 97.3 Å². The zero-order valence-electron chi connectivity index (χ0n) is 9.39. The topological polar surface area (TPSA) is 79.7 Å². The Kier molecular flexibility index (Phi) is 2.59. The van der Waals surface area contributed by atoms with Crippen molar-refractivity contribution in [1.29, 1.82) is 0 Å². The largest absolute Gasteiger partial charge is 0.505 e. The van der Waals surface area contributed by atoms with E-state index in [1.54, 1.807) is 25.1 Å². The highest BCUT2D eigenvalue weighted by Gasteiger charge is 2.18. The molecule has 0 aliphatic heterocycles. The first kappa shape index (κ1) is 11.2. The predicted molar refractivity (Wildman–Crippen MR) is 61.7 cm³/mol. The summed E-state index contributed by atoms with van der Waals surface area (Å²) >= 11 is 0. The Morgan fingerprint density at radius 1 is 1.41 bits per heavy atom. The van der Waals surface area contributed by atoms with Crippen LogP contribution in [0.4, 0.5) is 0 Å². The van der Waals surface area contributed by atoms with E-state index in [2.05, 4.69) is 4.98 Å². The molecule has 0 saturated carbocycles. The monoisotopic (exact) mass is 233 g/mol. The molecule has 5 nitrogen and oxygen atoms in total. The minimum atomic E-state index is -1.19. The minimum absolute atomic E-state index is 0.147. The molecule has 2 aromatic rings. The molecule has 0 saturated heterocycles. The van der Waals surface area contributed by atoms with Gasteiger partial charge in [0.15, 0.2) is 5.75 Å². The zero-order valence-corrected chi connectivity index (χ0v) is 9.39. The number of benzene rings is 1. The normalized spacial score (nSPS) is 10.5. The summed E-state index contributed by atoms with van der Waals surface area (Å²) in [6.45, 7) is 1.56. The van der Waals surface area contributed by atoms with E-state index < -0.39 is 5.97 Å². The molecule has 1 heterocycles. The molecular formula is C12H11NO4. The number of carbonyl (C=O) groups is 1. The fourth-order valence-corrected chi connectivity index (χ4v) is 1.70. The first-order chi connectivity index (χ1) is 8.04. The van der Waals surface area contributed by atoms with Gasteiger partial charge in [-0.1, -0.05) is 0 Å². The number of aromatic hydroxyl groups is 1. The number of rotatable bonds is 2. The number of aryl methyl sites for hydroxylation is 1. The van der Waals surface area contributed by atoms with E-state index in [4.69, 9.17) is 9.84 Å². The molecule has 5 heteroatoms. The number of aromatic carboxylic acids is 1. The lowest BCUT2D eigenvalue weighted by atomic mass is 10.1. The lowest BCUT2D eigenvalue weighted by Gasteiger charge is -2.08. The highest BCUT2D eigenvalue weighted by atomic mass is 16.5. The van der Waals surface area contributed by atoms with Gasteiger partial charge in [0.25, 0.3) is 0 Å².